The fourth-order valence-corrected chi connectivity index (χ4v) is 3.63. The highest BCUT2D eigenvalue weighted by atomic mass is 16.5. The maximum Gasteiger partial charge on any atom is 0.255 e. The lowest BCUT2D eigenvalue weighted by Crippen LogP contribution is -2.38. The highest BCUT2D eigenvalue weighted by Crippen LogP contribution is 2.30. The lowest BCUT2D eigenvalue weighted by Gasteiger charge is -2.32. The van der Waals surface area contributed by atoms with Crippen LogP contribution in [0.25, 0.3) is 0 Å². The zero-order valence-electron chi connectivity index (χ0n) is 18.4. The topological polar surface area (TPSA) is 112 Å². The minimum atomic E-state index is -0.534. The van der Waals surface area contributed by atoms with Crippen molar-refractivity contribution < 1.29 is 19.0 Å². The normalized spacial score (nSPS) is 16.2. The third-order valence-corrected chi connectivity index (χ3v) is 5.18. The van der Waals surface area contributed by atoms with Gasteiger partial charge in [-0.25, -0.2) is 9.97 Å². The van der Waals surface area contributed by atoms with Crippen LogP contribution in [0.2, 0.25) is 0 Å². The van der Waals surface area contributed by atoms with E-state index in [-0.39, 0.29) is 12.7 Å². The summed E-state index contributed by atoms with van der Waals surface area (Å²) >= 11 is 0. The number of amides is 1. The van der Waals surface area contributed by atoms with Crippen LogP contribution >= 0.6 is 0 Å². The number of carbonyl (C=O) groups is 1. The number of aromatic nitrogens is 2. The second kappa shape index (κ2) is 10.8. The predicted octanol–water partition coefficient (Wildman–Crippen LogP) is 2.67. The second-order valence-electron chi connectivity index (χ2n) is 7.62. The zero-order valence-corrected chi connectivity index (χ0v) is 18.4. The largest absolute Gasteiger partial charge is 0.493 e. The number of hydrogen-bond donors (Lipinski definition) is 2. The number of primary amides is 1. The van der Waals surface area contributed by atoms with Gasteiger partial charge in [0.1, 0.15) is 17.7 Å². The highest BCUT2D eigenvalue weighted by Gasteiger charge is 2.23. The molecule has 0 radical (unpaired) electrons. The van der Waals surface area contributed by atoms with Crippen LogP contribution in [0.4, 0.5) is 11.6 Å². The van der Waals surface area contributed by atoms with Gasteiger partial charge in [-0.05, 0) is 42.0 Å². The highest BCUT2D eigenvalue weighted by molar-refractivity contribution is 5.75. The second-order valence-corrected chi connectivity index (χ2v) is 7.62. The number of nitrogens with zero attached hydrogens (tertiary/aromatic N) is 3. The van der Waals surface area contributed by atoms with Crippen LogP contribution in [-0.4, -0.2) is 54.2 Å². The van der Waals surface area contributed by atoms with Crippen molar-refractivity contribution in [2.24, 2.45) is 5.73 Å². The molecule has 9 nitrogen and oxygen atoms in total. The number of rotatable bonds is 9. The molecule has 1 aromatic carbocycles. The van der Waals surface area contributed by atoms with Crippen LogP contribution in [0, 0.1) is 0 Å². The molecule has 1 aliphatic rings. The first kappa shape index (κ1) is 22.5. The summed E-state index contributed by atoms with van der Waals surface area (Å²) in [5, 5.41) is 3.22. The van der Waals surface area contributed by atoms with Crippen LogP contribution < -0.4 is 20.5 Å². The molecule has 33 heavy (non-hydrogen) atoms. The van der Waals surface area contributed by atoms with Crippen LogP contribution in [0.1, 0.15) is 17.4 Å². The van der Waals surface area contributed by atoms with E-state index in [1.165, 1.54) is 0 Å². The molecule has 4 rings (SSSR count). The Bertz CT molecular complexity index is 1080. The van der Waals surface area contributed by atoms with Crippen LogP contribution in [0.5, 0.6) is 11.5 Å². The Morgan fingerprint density at radius 2 is 2.06 bits per heavy atom. The van der Waals surface area contributed by atoms with Crippen LogP contribution in [-0.2, 0) is 16.1 Å². The molecule has 0 unspecified atom stereocenters. The number of nitrogens with one attached hydrogen (secondary N) is 1. The first-order chi connectivity index (χ1) is 16.1. The molecule has 1 fully saturated rings. The summed E-state index contributed by atoms with van der Waals surface area (Å²) in [6.07, 6.45) is 1.60. The van der Waals surface area contributed by atoms with Gasteiger partial charge in [0.15, 0.2) is 18.1 Å². The maximum atomic E-state index is 11.0. The van der Waals surface area contributed by atoms with Crippen LogP contribution in [0.3, 0.4) is 0 Å². The molecule has 0 spiro atoms. The van der Waals surface area contributed by atoms with Gasteiger partial charge in [-0.1, -0.05) is 18.2 Å². The van der Waals surface area contributed by atoms with Crippen molar-refractivity contribution in [3.05, 3.63) is 72.1 Å². The lowest BCUT2D eigenvalue weighted by molar-refractivity contribution is -0.119. The first-order valence-corrected chi connectivity index (χ1v) is 10.7. The summed E-state index contributed by atoms with van der Waals surface area (Å²) in [6, 6.07) is 17.2. The maximum absolute atomic E-state index is 11.0. The number of hydrogen-bond acceptors (Lipinski definition) is 8. The molecular formula is C24H27N5O4. The smallest absolute Gasteiger partial charge is 0.255 e. The van der Waals surface area contributed by atoms with Crippen molar-refractivity contribution in [2.75, 3.05) is 38.7 Å². The molecule has 3 aromatic rings. The Morgan fingerprint density at radius 3 is 2.85 bits per heavy atom. The van der Waals surface area contributed by atoms with E-state index >= 15 is 0 Å². The number of morpholine rings is 1. The summed E-state index contributed by atoms with van der Waals surface area (Å²) in [5.41, 5.74) is 7.09. The van der Waals surface area contributed by atoms with Gasteiger partial charge in [0.05, 0.1) is 19.4 Å². The Morgan fingerprint density at radius 1 is 1.18 bits per heavy atom. The molecule has 2 aromatic heterocycles. The van der Waals surface area contributed by atoms with E-state index < -0.39 is 5.91 Å². The van der Waals surface area contributed by atoms with Gasteiger partial charge in [0, 0.05) is 25.8 Å². The molecule has 0 saturated carbocycles. The van der Waals surface area contributed by atoms with Gasteiger partial charge in [0.2, 0.25) is 0 Å². The fourth-order valence-electron chi connectivity index (χ4n) is 3.63. The monoisotopic (exact) mass is 449 g/mol. The van der Waals surface area contributed by atoms with Crippen molar-refractivity contribution in [2.45, 2.75) is 12.6 Å². The van der Waals surface area contributed by atoms with E-state index in [1.54, 1.807) is 19.4 Å². The molecule has 3 N–H and O–H groups in total. The molecule has 1 atom stereocenters. The summed E-state index contributed by atoms with van der Waals surface area (Å²) in [5.74, 6) is 1.98. The number of pyridine rings is 2. The van der Waals surface area contributed by atoms with Crippen molar-refractivity contribution in [3.8, 4) is 11.5 Å². The fraction of sp³-hybridized carbons (Fsp3) is 0.292. The Hall–Kier alpha value is -3.69. The quantitative estimate of drug-likeness (QED) is 0.513. The Labute approximate surface area is 192 Å². The number of carbonyl (C=O) groups excluding carboxylic acids is 1. The first-order valence-electron chi connectivity index (χ1n) is 10.7. The van der Waals surface area contributed by atoms with E-state index in [0.29, 0.717) is 24.7 Å². The van der Waals surface area contributed by atoms with Gasteiger partial charge in [0.25, 0.3) is 5.91 Å². The molecule has 172 valence electrons. The summed E-state index contributed by atoms with van der Waals surface area (Å²) < 4.78 is 16.8. The van der Waals surface area contributed by atoms with Gasteiger partial charge in [-0.2, -0.15) is 0 Å². The summed E-state index contributed by atoms with van der Waals surface area (Å²) in [4.78, 5) is 22.3. The van der Waals surface area contributed by atoms with Crippen molar-refractivity contribution >= 4 is 17.5 Å². The number of anilines is 2. The van der Waals surface area contributed by atoms with Crippen molar-refractivity contribution in [3.63, 3.8) is 0 Å². The zero-order chi connectivity index (χ0) is 23.0. The molecule has 9 heteroatoms. The average Bonchev–Trinajstić information content (AvgIpc) is 2.84. The number of benzene rings is 1. The Balaban J connectivity index is 1.41. The summed E-state index contributed by atoms with van der Waals surface area (Å²) in [7, 11) is 1.57. The third-order valence-electron chi connectivity index (χ3n) is 5.18. The van der Waals surface area contributed by atoms with Crippen LogP contribution in [0.15, 0.2) is 60.8 Å². The predicted molar refractivity (Wildman–Crippen MR) is 123 cm³/mol. The molecule has 1 amide bonds. The number of nitrogens with two attached hydrogens (primary N) is 1. The van der Waals surface area contributed by atoms with Gasteiger partial charge in [-0.15, -0.1) is 0 Å². The minimum Gasteiger partial charge on any atom is -0.493 e. The summed E-state index contributed by atoms with van der Waals surface area (Å²) in [6.45, 7) is 2.66. The van der Waals surface area contributed by atoms with Crippen molar-refractivity contribution in [1.82, 2.24) is 14.9 Å². The van der Waals surface area contributed by atoms with E-state index in [2.05, 4.69) is 15.2 Å². The van der Waals surface area contributed by atoms with E-state index in [0.717, 1.165) is 36.0 Å². The third kappa shape index (κ3) is 6.18. The molecule has 0 aliphatic carbocycles. The number of ether oxygens (including phenoxy) is 3. The minimum absolute atomic E-state index is 0.135. The van der Waals surface area contributed by atoms with Crippen molar-refractivity contribution in [1.29, 1.82) is 0 Å². The van der Waals surface area contributed by atoms with E-state index in [4.69, 9.17) is 24.9 Å². The standard InChI is InChI=1S/C24H27N5O4/c1-31-20-13-17(8-9-19(20)33-16-22(25)30)14-29-11-12-32-21(15-29)18-5-4-7-24(27-18)28-23-6-2-3-10-26-23/h2-10,13,21H,11-12,14-16H2,1H3,(H2,25,30)(H,26,27,28)/t21-/m0/s1. The van der Waals surface area contributed by atoms with Gasteiger partial charge in [-0.3, -0.25) is 9.69 Å². The lowest BCUT2D eigenvalue weighted by atomic mass is 10.1. The molecule has 1 aliphatic heterocycles. The van der Waals surface area contributed by atoms with E-state index in [9.17, 15) is 4.79 Å². The van der Waals surface area contributed by atoms with Gasteiger partial charge < -0.3 is 25.3 Å². The van der Waals surface area contributed by atoms with Gasteiger partial charge >= 0.3 is 0 Å². The Kier molecular flexibility index (Phi) is 7.33. The number of methoxy groups -OCH3 is 1. The average molecular weight is 450 g/mol. The molecule has 1 saturated heterocycles. The molecular weight excluding hydrogens is 422 g/mol. The molecule has 0 bridgehead atoms. The van der Waals surface area contributed by atoms with E-state index in [1.807, 2.05) is 48.5 Å². The molecule has 3 heterocycles. The SMILES string of the molecule is COc1cc(CN2CCO[C@H](c3cccc(Nc4ccccn4)n3)C2)ccc1OCC(N)=O.